The predicted molar refractivity (Wildman–Crippen MR) is 297 cm³/mol. The molecule has 1 aliphatic rings. The van der Waals surface area contributed by atoms with E-state index in [-0.39, 0.29) is 13.2 Å². The number of rotatable bonds is 8. The SMILES string of the molecule is COc1cc(C(C)(C)C)c2op(Oc3c(C)ccc4c3-c3c(ccc(C)c3Op3oc5c(C(C)(C)C)cc(OC)cc5c5cc(OC)cc(C(C)(C)C)c5o3)OCCO4)oc3c(C(C)(C)C)cc(C=O)cc3c2c1. The van der Waals surface area contributed by atoms with E-state index >= 15 is 0 Å². The van der Waals surface area contributed by atoms with Gasteiger partial charge < -0.3 is 49.5 Å². The second kappa shape index (κ2) is 19.3. The van der Waals surface area contributed by atoms with Crippen LogP contribution in [-0.2, 0) is 21.7 Å². The van der Waals surface area contributed by atoms with Gasteiger partial charge >= 0.3 is 16.5 Å². The fraction of sp³-hybridized carbons (Fsp3) is 0.383. The van der Waals surface area contributed by atoms with E-state index < -0.39 is 38.1 Å². The van der Waals surface area contributed by atoms with Crippen LogP contribution in [0.5, 0.6) is 40.2 Å². The second-order valence-electron chi connectivity index (χ2n) is 23.1. The first kappa shape index (κ1) is 52.3. The predicted octanol–water partition coefficient (Wildman–Crippen LogP) is 17.7. The van der Waals surface area contributed by atoms with Gasteiger partial charge in [-0.1, -0.05) is 95.2 Å². The third-order valence-corrected chi connectivity index (χ3v) is 15.4. The van der Waals surface area contributed by atoms with Crippen molar-refractivity contribution in [2.24, 2.45) is 0 Å². The molecule has 0 spiro atoms. The maximum atomic E-state index is 12.6. The molecular weight excluding hydrogens is 975 g/mol. The minimum Gasteiger partial charge on any atom is -0.497 e. The van der Waals surface area contributed by atoms with Gasteiger partial charge in [0.05, 0.1) is 32.5 Å². The number of methoxy groups -OCH3 is 3. The minimum atomic E-state index is -2.30. The molecule has 2 aromatic heterocycles. The highest BCUT2D eigenvalue weighted by Crippen LogP contribution is 2.56. The molecule has 6 aromatic carbocycles. The molecule has 0 saturated heterocycles. The first-order valence-electron chi connectivity index (χ1n) is 24.9. The molecule has 1 aliphatic heterocycles. The summed E-state index contributed by atoms with van der Waals surface area (Å²) >= 11 is 0. The number of aryl methyl sites for hydroxylation is 2. The van der Waals surface area contributed by atoms with E-state index in [2.05, 4.69) is 83.1 Å². The summed E-state index contributed by atoms with van der Waals surface area (Å²) in [5, 5.41) is 2.98. The molecule has 8 aromatic rings. The number of hydrogen-bond acceptors (Lipinski definition) is 12. The maximum Gasteiger partial charge on any atom is 0.453 e. The monoisotopic (exact) mass is 1040 g/mol. The van der Waals surface area contributed by atoms with Gasteiger partial charge in [-0.25, -0.2) is 0 Å². The smallest absolute Gasteiger partial charge is 0.453 e. The summed E-state index contributed by atoms with van der Waals surface area (Å²) < 4.78 is 74.0. The van der Waals surface area contributed by atoms with Crippen LogP contribution in [0.4, 0.5) is 0 Å². The highest BCUT2D eigenvalue weighted by molar-refractivity contribution is 7.32. The normalized spacial score (nSPS) is 13.3. The summed E-state index contributed by atoms with van der Waals surface area (Å²) in [6.07, 6.45) is 0.864. The highest BCUT2D eigenvalue weighted by atomic mass is 31.1. The molecule has 14 heteroatoms. The molecule has 1 atom stereocenters. The minimum absolute atomic E-state index is 0.261. The zero-order valence-electron chi connectivity index (χ0n) is 45.7. The third-order valence-electron chi connectivity index (χ3n) is 13.4. The van der Waals surface area contributed by atoms with Gasteiger partial charge in [-0.3, -0.25) is 4.79 Å². The standard InChI is InChI=1S/C60H68O12P2/c1-33-18-20-47-49(51(33)67-73-69-53-39(24-35(32-61)25-43(53)57(3,4)5)40-26-36(62-15)29-44(54(40)70-73)58(6,7)8)50-48(66-23-22-65-47)21-19-34(2)52(50)68-74-71-55-41(27-37(63-16)30-45(55)59(9,10)11)42-28-38(64-17)31-46(56(42)72-74)60(12,13)14/h18-21,24-32H,22-23H2,1-17H3. The van der Waals surface area contributed by atoms with Crippen LogP contribution in [-0.4, -0.2) is 40.8 Å². The molecular formula is C60H68O12P2. The first-order valence-corrected chi connectivity index (χ1v) is 27.0. The summed E-state index contributed by atoms with van der Waals surface area (Å²) in [6, 6.07) is 23.5. The molecule has 0 radical (unpaired) electrons. The van der Waals surface area contributed by atoms with E-state index in [1.807, 2.05) is 86.6 Å². The Morgan fingerprint density at radius 2 is 0.757 bits per heavy atom. The zero-order chi connectivity index (χ0) is 53.4. The summed E-state index contributed by atoms with van der Waals surface area (Å²) in [6.45, 7) is 30.0. The van der Waals surface area contributed by atoms with Gasteiger partial charge in [0.1, 0.15) is 70.6 Å². The summed E-state index contributed by atoms with van der Waals surface area (Å²) in [7, 11) is 0.406. The molecule has 0 aliphatic carbocycles. The number of fused-ring (bicyclic) bond motifs is 9. The van der Waals surface area contributed by atoms with Crippen molar-refractivity contribution in [3.8, 4) is 51.4 Å². The number of benzene rings is 6. The number of aldehydes is 1. The first-order chi connectivity index (χ1) is 34.8. The van der Waals surface area contributed by atoms with Crippen molar-refractivity contribution >= 4 is 66.6 Å². The lowest BCUT2D eigenvalue weighted by molar-refractivity contribution is 0.112. The van der Waals surface area contributed by atoms with Crippen molar-refractivity contribution in [3.05, 3.63) is 112 Å². The van der Waals surface area contributed by atoms with Gasteiger partial charge in [0.2, 0.25) is 0 Å². The largest absolute Gasteiger partial charge is 0.497 e. The van der Waals surface area contributed by atoms with Crippen molar-refractivity contribution in [3.63, 3.8) is 0 Å². The van der Waals surface area contributed by atoms with Gasteiger partial charge in [-0.05, 0) is 107 Å². The van der Waals surface area contributed by atoms with Gasteiger partial charge in [0.25, 0.3) is 0 Å². The molecule has 0 saturated carbocycles. The Balaban J connectivity index is 1.36. The van der Waals surface area contributed by atoms with Crippen LogP contribution in [0.3, 0.4) is 0 Å². The Morgan fingerprint density at radius 3 is 1.05 bits per heavy atom. The quantitative estimate of drug-likeness (QED) is 0.134. The van der Waals surface area contributed by atoms with Crippen LogP contribution < -0.4 is 32.7 Å². The molecule has 0 amide bonds. The molecule has 0 bridgehead atoms. The van der Waals surface area contributed by atoms with Crippen molar-refractivity contribution in [1.82, 2.24) is 0 Å². The summed E-state index contributed by atoms with van der Waals surface area (Å²) in [5.74, 6) is 3.96. The van der Waals surface area contributed by atoms with Crippen molar-refractivity contribution in [2.45, 2.75) is 119 Å². The van der Waals surface area contributed by atoms with E-state index in [1.54, 1.807) is 21.3 Å². The Hall–Kier alpha value is -6.61. The molecule has 390 valence electrons. The Labute approximate surface area is 435 Å². The molecule has 74 heavy (non-hydrogen) atoms. The molecule has 3 heterocycles. The van der Waals surface area contributed by atoms with Crippen LogP contribution >= 0.6 is 16.5 Å². The van der Waals surface area contributed by atoms with E-state index in [1.165, 1.54) is 0 Å². The van der Waals surface area contributed by atoms with Crippen LogP contribution in [0.25, 0.3) is 55.0 Å². The second-order valence-corrected chi connectivity index (χ2v) is 25.1. The fourth-order valence-corrected chi connectivity index (χ4v) is 11.8. The van der Waals surface area contributed by atoms with E-state index in [0.717, 1.165) is 55.8 Å². The number of carbonyl (C=O) groups is 1. The van der Waals surface area contributed by atoms with E-state index in [0.29, 0.717) is 84.7 Å². The maximum absolute atomic E-state index is 12.6. The summed E-state index contributed by atoms with van der Waals surface area (Å²) in [5.41, 5.74) is 7.37. The zero-order valence-corrected chi connectivity index (χ0v) is 47.5. The van der Waals surface area contributed by atoms with Crippen LogP contribution in [0.15, 0.2) is 89.6 Å². The van der Waals surface area contributed by atoms with Crippen LogP contribution in [0.1, 0.15) is 127 Å². The average molecular weight is 1040 g/mol. The molecule has 12 nitrogen and oxygen atoms in total. The van der Waals surface area contributed by atoms with Gasteiger partial charge in [-0.2, -0.15) is 0 Å². The van der Waals surface area contributed by atoms with Crippen LogP contribution in [0.2, 0.25) is 0 Å². The van der Waals surface area contributed by atoms with Crippen molar-refractivity contribution < 1.29 is 54.3 Å². The lowest BCUT2D eigenvalue weighted by Gasteiger charge is -2.24. The van der Waals surface area contributed by atoms with Crippen molar-refractivity contribution in [2.75, 3.05) is 34.5 Å². The fourth-order valence-electron chi connectivity index (χ4n) is 9.45. The molecule has 0 fully saturated rings. The van der Waals surface area contributed by atoms with Crippen molar-refractivity contribution in [1.29, 1.82) is 0 Å². The van der Waals surface area contributed by atoms with E-state index in [9.17, 15) is 4.79 Å². The topological polar surface area (TPSA) is 134 Å². The lowest BCUT2D eigenvalue weighted by atomic mass is 9.83. The summed E-state index contributed by atoms with van der Waals surface area (Å²) in [4.78, 5) is 12.6. The van der Waals surface area contributed by atoms with Gasteiger partial charge in [-0.15, -0.1) is 0 Å². The molecule has 9 rings (SSSR count). The van der Waals surface area contributed by atoms with E-state index in [4.69, 9.17) is 49.5 Å². The Kier molecular flexibility index (Phi) is 13.6. The van der Waals surface area contributed by atoms with Crippen LogP contribution in [0, 0.1) is 13.8 Å². The molecule has 1 unspecified atom stereocenters. The lowest BCUT2D eigenvalue weighted by Crippen LogP contribution is -2.13. The number of ether oxygens (including phenoxy) is 5. The average Bonchev–Trinajstić information content (AvgIpc) is 3.58. The number of carbonyl (C=O) groups excluding carboxylic acids is 1. The highest BCUT2D eigenvalue weighted by Gasteiger charge is 2.32. The Morgan fingerprint density at radius 1 is 0.446 bits per heavy atom. The third kappa shape index (κ3) is 9.79. The number of hydrogen-bond donors (Lipinski definition) is 0. The van der Waals surface area contributed by atoms with Gasteiger partial charge in [0.15, 0.2) is 11.5 Å². The Bertz CT molecular complexity index is 3530. The molecule has 0 N–H and O–H groups in total. The van der Waals surface area contributed by atoms with Gasteiger partial charge in [0, 0.05) is 49.4 Å².